The Hall–Kier alpha value is -1.36. The third kappa shape index (κ3) is 2.73. The first-order valence-corrected chi connectivity index (χ1v) is 6.78. The Balaban J connectivity index is 2.54. The van der Waals surface area contributed by atoms with Crippen LogP contribution in [0.3, 0.4) is 0 Å². The molecule has 0 atom stereocenters. The summed E-state index contributed by atoms with van der Waals surface area (Å²) in [5.74, 6) is -2.89. The van der Waals surface area contributed by atoms with Crippen molar-refractivity contribution in [2.24, 2.45) is 0 Å². The van der Waals surface area contributed by atoms with Crippen molar-refractivity contribution in [1.29, 1.82) is 0 Å². The quantitative estimate of drug-likeness (QED) is 0.508. The van der Waals surface area contributed by atoms with Crippen LogP contribution >= 0.6 is 15.9 Å². The molecule has 0 nitrogen and oxygen atoms in total. The Bertz CT molecular complexity index is 610. The molecule has 0 aliphatic heterocycles. The van der Waals surface area contributed by atoms with Gasteiger partial charge in [-0.1, -0.05) is 15.9 Å². The van der Waals surface area contributed by atoms with E-state index in [2.05, 4.69) is 15.9 Å². The molecule has 5 heteroatoms. The van der Waals surface area contributed by atoms with E-state index in [0.717, 1.165) is 12.1 Å². The van der Waals surface area contributed by atoms with E-state index < -0.39 is 28.1 Å². The van der Waals surface area contributed by atoms with Crippen molar-refractivity contribution in [1.82, 2.24) is 0 Å². The molecule has 0 aliphatic carbocycles. The van der Waals surface area contributed by atoms with Gasteiger partial charge in [0.15, 0.2) is 0 Å². The highest BCUT2D eigenvalue weighted by molar-refractivity contribution is 9.09. The van der Waals surface area contributed by atoms with Gasteiger partial charge in [-0.15, -0.1) is 0 Å². The molecule has 0 unspecified atom stereocenters. The fourth-order valence-corrected chi connectivity index (χ4v) is 2.62. The molecule has 0 N–H and O–H groups in total. The van der Waals surface area contributed by atoms with Crippen LogP contribution in [0.15, 0.2) is 24.3 Å². The van der Waals surface area contributed by atoms with Gasteiger partial charge in [-0.3, -0.25) is 0 Å². The van der Waals surface area contributed by atoms with Crippen LogP contribution in [0.1, 0.15) is 27.1 Å². The number of hydrogen-bond acceptors (Lipinski definition) is 0. The highest BCUT2D eigenvalue weighted by Crippen LogP contribution is 2.35. The van der Waals surface area contributed by atoms with Gasteiger partial charge in [-0.05, 0) is 37.1 Å². The molecule has 2 aromatic rings. The summed E-state index contributed by atoms with van der Waals surface area (Å²) in [6.07, 6.45) is 0. The van der Waals surface area contributed by atoms with E-state index in [0.29, 0.717) is 0 Å². The summed E-state index contributed by atoms with van der Waals surface area (Å²) in [6, 6.07) is 4.13. The third-order valence-electron chi connectivity index (χ3n) is 3.10. The zero-order chi connectivity index (χ0) is 15.0. The molecule has 0 aromatic heterocycles. The second kappa shape index (κ2) is 5.56. The molecule has 0 saturated carbocycles. The van der Waals surface area contributed by atoms with Gasteiger partial charge in [0.25, 0.3) is 0 Å². The van der Waals surface area contributed by atoms with Crippen molar-refractivity contribution >= 4 is 15.9 Å². The van der Waals surface area contributed by atoms with Gasteiger partial charge in [-0.2, -0.15) is 0 Å². The van der Waals surface area contributed by atoms with Crippen LogP contribution in [0.5, 0.6) is 0 Å². The van der Waals surface area contributed by atoms with Crippen molar-refractivity contribution in [3.05, 3.63) is 69.8 Å². The maximum Gasteiger partial charge on any atom is 0.130 e. The first kappa shape index (κ1) is 15.0. The van der Waals surface area contributed by atoms with Crippen molar-refractivity contribution in [2.45, 2.75) is 18.7 Å². The molecule has 106 valence electrons. The van der Waals surface area contributed by atoms with Gasteiger partial charge in [0.1, 0.15) is 23.3 Å². The van der Waals surface area contributed by atoms with Crippen molar-refractivity contribution < 1.29 is 17.6 Å². The van der Waals surface area contributed by atoms with Crippen LogP contribution in [0.25, 0.3) is 0 Å². The Morgan fingerprint density at radius 2 is 1.05 bits per heavy atom. The molecular weight excluding hydrogens is 336 g/mol. The molecule has 0 heterocycles. The first-order valence-electron chi connectivity index (χ1n) is 5.86. The largest absolute Gasteiger partial charge is 0.207 e. The zero-order valence-electron chi connectivity index (χ0n) is 10.8. The molecule has 0 spiro atoms. The lowest BCUT2D eigenvalue weighted by molar-refractivity contribution is 0.559. The normalized spacial score (nSPS) is 11.2. The lowest BCUT2D eigenvalue weighted by Crippen LogP contribution is -2.03. The molecule has 0 amide bonds. The molecule has 0 radical (unpaired) electrons. The molecule has 0 fully saturated rings. The minimum absolute atomic E-state index is 0.105. The summed E-state index contributed by atoms with van der Waals surface area (Å²) >= 11 is 3.19. The number of alkyl halides is 1. The smallest absolute Gasteiger partial charge is 0.130 e. The fourth-order valence-electron chi connectivity index (χ4n) is 1.92. The predicted octanol–water partition coefficient (Wildman–Crippen LogP) is 5.34. The molecule has 0 aliphatic rings. The summed E-state index contributed by atoms with van der Waals surface area (Å²) < 4.78 is 54.1. The summed E-state index contributed by atoms with van der Waals surface area (Å²) in [4.78, 5) is -0.818. The van der Waals surface area contributed by atoms with Crippen LogP contribution in [-0.4, -0.2) is 0 Å². The first-order chi connectivity index (χ1) is 9.31. The van der Waals surface area contributed by atoms with Gasteiger partial charge in [0.05, 0.1) is 4.83 Å². The van der Waals surface area contributed by atoms with Crippen molar-refractivity contribution in [2.75, 3.05) is 0 Å². The number of halogens is 5. The SMILES string of the molecule is Cc1cc(C(Br)c2cc(C)c(F)cc2F)c(F)cc1F. The highest BCUT2D eigenvalue weighted by Gasteiger charge is 2.21. The standard InChI is InChI=1S/C15H11BrF4/c1-7-3-9(13(19)5-11(7)17)15(16)10-4-8(2)12(18)6-14(10)20/h3-6,15H,1-2H3. The molecule has 0 saturated heterocycles. The van der Waals surface area contributed by atoms with Crippen LogP contribution in [0, 0.1) is 37.1 Å². The van der Waals surface area contributed by atoms with Crippen molar-refractivity contribution in [3.8, 4) is 0 Å². The van der Waals surface area contributed by atoms with Crippen molar-refractivity contribution in [3.63, 3.8) is 0 Å². The van der Waals surface area contributed by atoms with E-state index in [1.54, 1.807) is 0 Å². The summed E-state index contributed by atoms with van der Waals surface area (Å²) in [5.41, 5.74) is 0.720. The zero-order valence-corrected chi connectivity index (χ0v) is 12.4. The average molecular weight is 347 g/mol. The monoisotopic (exact) mass is 346 g/mol. The minimum atomic E-state index is -0.818. The van der Waals surface area contributed by atoms with Gasteiger partial charge >= 0.3 is 0 Å². The van der Waals surface area contributed by atoms with Gasteiger partial charge in [0, 0.05) is 23.3 Å². The van der Waals surface area contributed by atoms with Crippen LogP contribution in [0.2, 0.25) is 0 Å². The Labute approximate surface area is 122 Å². The molecular formula is C15H11BrF4. The summed E-state index contributed by atoms with van der Waals surface area (Å²) in [7, 11) is 0. The summed E-state index contributed by atoms with van der Waals surface area (Å²) in [5, 5.41) is 0. The van der Waals surface area contributed by atoms with Gasteiger partial charge in [0.2, 0.25) is 0 Å². The Morgan fingerprint density at radius 1 is 0.700 bits per heavy atom. The van der Waals surface area contributed by atoms with Gasteiger partial charge in [-0.25, -0.2) is 17.6 Å². The maximum atomic E-state index is 13.8. The van der Waals surface area contributed by atoms with E-state index in [9.17, 15) is 17.6 Å². The highest BCUT2D eigenvalue weighted by atomic mass is 79.9. The van der Waals surface area contributed by atoms with E-state index in [1.165, 1.54) is 26.0 Å². The number of hydrogen-bond donors (Lipinski definition) is 0. The minimum Gasteiger partial charge on any atom is -0.207 e. The summed E-state index contributed by atoms with van der Waals surface area (Å²) in [6.45, 7) is 2.98. The second-order valence-electron chi connectivity index (χ2n) is 4.61. The van der Waals surface area contributed by atoms with Crippen LogP contribution < -0.4 is 0 Å². The van der Waals surface area contributed by atoms with E-state index in [1.807, 2.05) is 0 Å². The third-order valence-corrected chi connectivity index (χ3v) is 4.09. The van der Waals surface area contributed by atoms with Crippen LogP contribution in [0.4, 0.5) is 17.6 Å². The predicted molar refractivity (Wildman–Crippen MR) is 73.0 cm³/mol. The fraction of sp³-hybridized carbons (Fsp3) is 0.200. The van der Waals surface area contributed by atoms with E-state index >= 15 is 0 Å². The molecule has 20 heavy (non-hydrogen) atoms. The van der Waals surface area contributed by atoms with Crippen LogP contribution in [-0.2, 0) is 0 Å². The lowest BCUT2D eigenvalue weighted by Gasteiger charge is -2.15. The second-order valence-corrected chi connectivity index (χ2v) is 5.52. The van der Waals surface area contributed by atoms with E-state index in [4.69, 9.17) is 0 Å². The maximum absolute atomic E-state index is 13.8. The molecule has 2 rings (SSSR count). The van der Waals surface area contributed by atoms with E-state index in [-0.39, 0.29) is 22.3 Å². The Morgan fingerprint density at radius 3 is 1.40 bits per heavy atom. The average Bonchev–Trinajstić information content (AvgIpc) is 2.37. The topological polar surface area (TPSA) is 0 Å². The number of aryl methyl sites for hydroxylation is 2. The molecule has 2 aromatic carbocycles. The molecule has 0 bridgehead atoms. The lowest BCUT2D eigenvalue weighted by atomic mass is 10.00. The number of benzene rings is 2. The number of rotatable bonds is 2. The van der Waals surface area contributed by atoms with Gasteiger partial charge < -0.3 is 0 Å². The Kier molecular flexibility index (Phi) is 4.18.